The molecule has 2 aromatic rings. The number of rotatable bonds is 4. The molecule has 3 rings (SSSR count). The van der Waals surface area contributed by atoms with E-state index >= 15 is 0 Å². The topological polar surface area (TPSA) is 67.5 Å². The smallest absolute Gasteiger partial charge is 0.129 e. The molecule has 1 unspecified atom stereocenters. The van der Waals surface area contributed by atoms with E-state index in [0.717, 1.165) is 30.0 Å². The average molecular weight is 357 g/mol. The van der Waals surface area contributed by atoms with Crippen LogP contribution in [0.15, 0.2) is 48.5 Å². The molecule has 142 valence electrons. The normalized spacial score (nSPS) is 17.6. The molecule has 26 heavy (non-hydrogen) atoms. The molecule has 0 bridgehead atoms. The Kier molecular flexibility index (Phi) is 7.06. The van der Waals surface area contributed by atoms with Crippen LogP contribution in [-0.4, -0.2) is 29.4 Å². The van der Waals surface area contributed by atoms with Crippen molar-refractivity contribution in [2.24, 2.45) is 5.73 Å². The first kappa shape index (κ1) is 20.3. The molecule has 0 spiro atoms. The predicted molar refractivity (Wildman–Crippen MR) is 109 cm³/mol. The Morgan fingerprint density at radius 2 is 1.88 bits per heavy atom. The summed E-state index contributed by atoms with van der Waals surface area (Å²) in [6, 6.07) is 16.7. The van der Waals surface area contributed by atoms with Gasteiger partial charge in [-0.05, 0) is 57.9 Å². The molecular weight excluding hydrogens is 324 g/mol. The van der Waals surface area contributed by atoms with Gasteiger partial charge in [0.15, 0.2) is 0 Å². The van der Waals surface area contributed by atoms with Crippen LogP contribution in [-0.2, 0) is 12.8 Å². The first-order chi connectivity index (χ1) is 12.3. The number of fused-ring (bicyclic) bond motifs is 1. The van der Waals surface area contributed by atoms with Crippen molar-refractivity contribution >= 4 is 5.69 Å². The number of ether oxygens (including phenoxy) is 1. The number of aliphatic hydroxyl groups excluding tert-OH is 1. The minimum atomic E-state index is -0.510. The van der Waals surface area contributed by atoms with Gasteiger partial charge in [-0.2, -0.15) is 0 Å². The van der Waals surface area contributed by atoms with Crippen molar-refractivity contribution in [2.45, 2.75) is 58.3 Å². The van der Waals surface area contributed by atoms with Gasteiger partial charge in [0, 0.05) is 24.2 Å². The van der Waals surface area contributed by atoms with Crippen molar-refractivity contribution in [1.82, 2.24) is 0 Å². The highest BCUT2D eigenvalue weighted by atomic mass is 16.5. The molecule has 2 aromatic carbocycles. The van der Waals surface area contributed by atoms with E-state index in [1.807, 2.05) is 50.2 Å². The third-order valence-corrected chi connectivity index (χ3v) is 4.39. The van der Waals surface area contributed by atoms with Crippen LogP contribution >= 0.6 is 0 Å². The number of hydrogen-bond acceptors (Lipinski definition) is 4. The SMILES string of the molecule is CC(C)Nc1ccc2c(c1)OC(C)(C)C(O)C2.NCCc1ccccc1. The van der Waals surface area contributed by atoms with E-state index in [4.69, 9.17) is 10.5 Å². The lowest BCUT2D eigenvalue weighted by Crippen LogP contribution is -2.46. The highest BCUT2D eigenvalue weighted by Gasteiger charge is 2.35. The van der Waals surface area contributed by atoms with Crippen molar-refractivity contribution in [1.29, 1.82) is 0 Å². The lowest BCUT2D eigenvalue weighted by Gasteiger charge is -2.37. The second-order valence-corrected chi connectivity index (χ2v) is 7.57. The number of nitrogens with two attached hydrogens (primary N) is 1. The van der Waals surface area contributed by atoms with Crippen LogP contribution < -0.4 is 15.8 Å². The van der Waals surface area contributed by atoms with Gasteiger partial charge in [0.1, 0.15) is 11.4 Å². The maximum Gasteiger partial charge on any atom is 0.129 e. The van der Waals surface area contributed by atoms with E-state index in [9.17, 15) is 5.11 Å². The molecule has 0 fully saturated rings. The van der Waals surface area contributed by atoms with Gasteiger partial charge in [0.25, 0.3) is 0 Å². The minimum Gasteiger partial charge on any atom is -0.485 e. The fourth-order valence-corrected chi connectivity index (χ4v) is 2.86. The van der Waals surface area contributed by atoms with Gasteiger partial charge in [-0.3, -0.25) is 0 Å². The molecule has 4 heteroatoms. The molecule has 0 saturated heterocycles. The Hall–Kier alpha value is -2.04. The van der Waals surface area contributed by atoms with Crippen LogP contribution in [0, 0.1) is 0 Å². The molecule has 1 aliphatic heterocycles. The van der Waals surface area contributed by atoms with E-state index in [0.29, 0.717) is 12.5 Å². The maximum absolute atomic E-state index is 9.96. The van der Waals surface area contributed by atoms with Crippen LogP contribution in [0.4, 0.5) is 5.69 Å². The average Bonchev–Trinajstić information content (AvgIpc) is 2.57. The first-order valence-electron chi connectivity index (χ1n) is 9.32. The van der Waals surface area contributed by atoms with E-state index in [1.165, 1.54) is 5.56 Å². The Labute approximate surface area is 157 Å². The fraction of sp³-hybridized carbons (Fsp3) is 0.455. The Bertz CT molecular complexity index is 684. The lowest BCUT2D eigenvalue weighted by molar-refractivity contribution is -0.0410. The lowest BCUT2D eigenvalue weighted by atomic mass is 9.91. The molecule has 1 atom stereocenters. The first-order valence-corrected chi connectivity index (χ1v) is 9.32. The molecule has 1 aliphatic rings. The number of benzene rings is 2. The van der Waals surface area contributed by atoms with Crippen LogP contribution in [0.5, 0.6) is 5.75 Å². The second kappa shape index (κ2) is 9.06. The largest absolute Gasteiger partial charge is 0.485 e. The maximum atomic E-state index is 9.96. The van der Waals surface area contributed by atoms with Crippen molar-refractivity contribution in [3.63, 3.8) is 0 Å². The van der Waals surface area contributed by atoms with Crippen molar-refractivity contribution in [3.05, 3.63) is 59.7 Å². The molecule has 0 saturated carbocycles. The van der Waals surface area contributed by atoms with Crippen LogP contribution in [0.2, 0.25) is 0 Å². The van der Waals surface area contributed by atoms with E-state index in [2.05, 4.69) is 31.3 Å². The van der Waals surface area contributed by atoms with Crippen molar-refractivity contribution < 1.29 is 9.84 Å². The third-order valence-electron chi connectivity index (χ3n) is 4.39. The summed E-state index contributed by atoms with van der Waals surface area (Å²) >= 11 is 0. The third kappa shape index (κ3) is 5.75. The summed E-state index contributed by atoms with van der Waals surface area (Å²) in [6.45, 7) is 8.79. The van der Waals surface area contributed by atoms with Gasteiger partial charge in [0.2, 0.25) is 0 Å². The molecule has 4 nitrogen and oxygen atoms in total. The minimum absolute atomic E-state index is 0.398. The van der Waals surface area contributed by atoms with Gasteiger partial charge in [-0.25, -0.2) is 0 Å². The molecule has 0 aliphatic carbocycles. The number of aliphatic hydroxyl groups is 1. The summed E-state index contributed by atoms with van der Waals surface area (Å²) in [5.41, 5.74) is 8.31. The van der Waals surface area contributed by atoms with Crippen LogP contribution in [0.3, 0.4) is 0 Å². The Balaban J connectivity index is 0.000000228. The van der Waals surface area contributed by atoms with Gasteiger partial charge in [0.05, 0.1) is 6.10 Å². The quantitative estimate of drug-likeness (QED) is 0.780. The highest BCUT2D eigenvalue weighted by molar-refractivity contribution is 5.53. The molecule has 1 heterocycles. The second-order valence-electron chi connectivity index (χ2n) is 7.57. The van der Waals surface area contributed by atoms with Crippen LogP contribution in [0.25, 0.3) is 0 Å². The standard InChI is InChI=1S/C14H21NO2.C8H11N/c1-9(2)15-11-6-5-10-7-13(16)14(3,4)17-12(10)8-11;9-7-6-8-4-2-1-3-5-8/h5-6,8-9,13,15-16H,7H2,1-4H3;1-5H,6-7,9H2. The summed E-state index contributed by atoms with van der Waals surface area (Å²) in [7, 11) is 0. The summed E-state index contributed by atoms with van der Waals surface area (Å²) < 4.78 is 5.86. The van der Waals surface area contributed by atoms with Crippen molar-refractivity contribution in [2.75, 3.05) is 11.9 Å². The Morgan fingerprint density at radius 1 is 1.19 bits per heavy atom. The highest BCUT2D eigenvalue weighted by Crippen LogP contribution is 2.35. The summed E-state index contributed by atoms with van der Waals surface area (Å²) in [5, 5.41) is 13.3. The molecule has 0 aromatic heterocycles. The zero-order valence-electron chi connectivity index (χ0n) is 16.3. The Morgan fingerprint density at radius 3 is 2.50 bits per heavy atom. The molecule has 0 radical (unpaired) electrons. The van der Waals surface area contributed by atoms with E-state index in [-0.39, 0.29) is 0 Å². The van der Waals surface area contributed by atoms with Gasteiger partial charge < -0.3 is 20.9 Å². The van der Waals surface area contributed by atoms with Crippen LogP contribution in [0.1, 0.15) is 38.8 Å². The predicted octanol–water partition coefficient (Wildman–Crippen LogP) is 3.77. The molecule has 4 N–H and O–H groups in total. The summed E-state index contributed by atoms with van der Waals surface area (Å²) in [5.74, 6) is 0.881. The van der Waals surface area contributed by atoms with Gasteiger partial charge >= 0.3 is 0 Å². The van der Waals surface area contributed by atoms with Crippen molar-refractivity contribution in [3.8, 4) is 5.75 Å². The molecule has 0 amide bonds. The van der Waals surface area contributed by atoms with E-state index < -0.39 is 11.7 Å². The zero-order chi connectivity index (χ0) is 19.2. The summed E-state index contributed by atoms with van der Waals surface area (Å²) in [6.07, 6.45) is 1.20. The monoisotopic (exact) mass is 356 g/mol. The number of anilines is 1. The number of nitrogens with one attached hydrogen (secondary N) is 1. The van der Waals surface area contributed by atoms with E-state index in [1.54, 1.807) is 0 Å². The van der Waals surface area contributed by atoms with Gasteiger partial charge in [-0.1, -0.05) is 36.4 Å². The zero-order valence-corrected chi connectivity index (χ0v) is 16.3. The van der Waals surface area contributed by atoms with Gasteiger partial charge in [-0.15, -0.1) is 0 Å². The fourth-order valence-electron chi connectivity index (χ4n) is 2.86. The molecular formula is C22H32N2O2. The number of hydrogen-bond donors (Lipinski definition) is 3. The summed E-state index contributed by atoms with van der Waals surface area (Å²) in [4.78, 5) is 0.